The van der Waals surface area contributed by atoms with Crippen molar-refractivity contribution in [2.75, 3.05) is 5.32 Å². The lowest BCUT2D eigenvalue weighted by atomic mass is 9.87. The van der Waals surface area contributed by atoms with Crippen molar-refractivity contribution in [3.8, 4) is 0 Å². The average molecular weight is 459 g/mol. The number of benzene rings is 2. The van der Waals surface area contributed by atoms with E-state index in [0.717, 1.165) is 43.9 Å². The Bertz CT molecular complexity index is 1030. The summed E-state index contributed by atoms with van der Waals surface area (Å²) in [7, 11) is -3.89. The molecule has 3 rings (SSSR count). The molecule has 2 N–H and O–H groups in total. The third-order valence-corrected chi connectivity index (χ3v) is 7.13. The minimum absolute atomic E-state index is 0.163. The molecule has 0 radical (unpaired) electrons. The van der Waals surface area contributed by atoms with Gasteiger partial charge in [0.2, 0.25) is 10.0 Å². The standard InChI is InChI=1S/C20H21Cl2FN2O3S/c1-12-4-2-3-5-18(12)25-29(27,28)14-7-8-17(23)15(11-14)20(26)24-19-9-6-13(21)10-16(19)22/h6-12,18,25H,2-5H2,1H3,(H,24,26)/t12-,18-/m1/s1. The van der Waals surface area contributed by atoms with Gasteiger partial charge in [-0.15, -0.1) is 0 Å². The highest BCUT2D eigenvalue weighted by Gasteiger charge is 2.28. The van der Waals surface area contributed by atoms with Gasteiger partial charge >= 0.3 is 0 Å². The predicted molar refractivity (Wildman–Crippen MR) is 113 cm³/mol. The highest BCUT2D eigenvalue weighted by molar-refractivity contribution is 7.89. The molecule has 1 saturated carbocycles. The van der Waals surface area contributed by atoms with E-state index in [1.807, 2.05) is 6.92 Å². The number of hydrogen-bond donors (Lipinski definition) is 2. The number of carbonyl (C=O) groups is 1. The van der Waals surface area contributed by atoms with Crippen LogP contribution in [0, 0.1) is 11.7 Å². The van der Waals surface area contributed by atoms with E-state index in [-0.39, 0.29) is 27.6 Å². The summed E-state index contributed by atoms with van der Waals surface area (Å²) in [6.07, 6.45) is 3.74. The molecule has 2 aromatic carbocycles. The number of anilines is 1. The molecule has 1 amide bonds. The van der Waals surface area contributed by atoms with Gasteiger partial charge in [-0.2, -0.15) is 0 Å². The van der Waals surface area contributed by atoms with Gasteiger partial charge in [0.15, 0.2) is 0 Å². The van der Waals surface area contributed by atoms with Gasteiger partial charge in [0.1, 0.15) is 5.82 Å². The van der Waals surface area contributed by atoms with Gasteiger partial charge in [-0.1, -0.05) is 43.0 Å². The highest BCUT2D eigenvalue weighted by atomic mass is 35.5. The van der Waals surface area contributed by atoms with Crippen LogP contribution in [0.3, 0.4) is 0 Å². The quantitative estimate of drug-likeness (QED) is 0.642. The van der Waals surface area contributed by atoms with Crippen molar-refractivity contribution in [3.63, 3.8) is 0 Å². The zero-order valence-corrected chi connectivity index (χ0v) is 18.0. The summed E-state index contributed by atoms with van der Waals surface area (Å²) in [5.41, 5.74) is -0.154. The molecule has 0 heterocycles. The minimum Gasteiger partial charge on any atom is -0.321 e. The SMILES string of the molecule is C[C@@H]1CCCC[C@H]1NS(=O)(=O)c1ccc(F)c(C(=O)Nc2ccc(Cl)cc2Cl)c1. The molecular formula is C20H21Cl2FN2O3S. The van der Waals surface area contributed by atoms with Crippen LogP contribution in [0.5, 0.6) is 0 Å². The normalized spacial score (nSPS) is 19.7. The summed E-state index contributed by atoms with van der Waals surface area (Å²) >= 11 is 11.9. The molecule has 0 aromatic heterocycles. The van der Waals surface area contributed by atoms with Crippen LogP contribution in [-0.2, 0) is 10.0 Å². The van der Waals surface area contributed by atoms with Crippen LogP contribution >= 0.6 is 23.2 Å². The Kier molecular flexibility index (Phi) is 6.83. The van der Waals surface area contributed by atoms with E-state index >= 15 is 0 Å². The number of sulfonamides is 1. The van der Waals surface area contributed by atoms with Crippen molar-refractivity contribution in [3.05, 3.63) is 57.8 Å². The van der Waals surface area contributed by atoms with E-state index < -0.39 is 27.3 Å². The van der Waals surface area contributed by atoms with Gasteiger partial charge in [0.05, 0.1) is 21.2 Å². The average Bonchev–Trinajstić information content (AvgIpc) is 2.66. The molecule has 1 aliphatic carbocycles. The second kappa shape index (κ2) is 9.00. The van der Waals surface area contributed by atoms with E-state index in [1.54, 1.807) is 0 Å². The second-order valence-electron chi connectivity index (χ2n) is 7.21. The Morgan fingerprint density at radius 1 is 1.10 bits per heavy atom. The lowest BCUT2D eigenvalue weighted by Crippen LogP contribution is -2.41. The molecular weight excluding hydrogens is 438 g/mol. The van der Waals surface area contributed by atoms with Gasteiger partial charge in [-0.25, -0.2) is 17.5 Å². The summed E-state index contributed by atoms with van der Waals surface area (Å²) in [4.78, 5) is 12.4. The summed E-state index contributed by atoms with van der Waals surface area (Å²) in [5.74, 6) is -1.43. The Balaban J connectivity index is 1.84. The fourth-order valence-corrected chi connectivity index (χ4v) is 5.25. The van der Waals surface area contributed by atoms with Crippen LogP contribution in [0.25, 0.3) is 0 Å². The molecule has 1 fully saturated rings. The first-order valence-electron chi connectivity index (χ1n) is 9.25. The van der Waals surface area contributed by atoms with Crippen molar-refractivity contribution in [2.45, 2.75) is 43.5 Å². The smallest absolute Gasteiger partial charge is 0.258 e. The number of rotatable bonds is 5. The van der Waals surface area contributed by atoms with Crippen molar-refractivity contribution >= 4 is 44.8 Å². The maximum atomic E-state index is 14.3. The lowest BCUT2D eigenvalue weighted by Gasteiger charge is -2.29. The first-order chi connectivity index (χ1) is 13.7. The first-order valence-corrected chi connectivity index (χ1v) is 11.5. The van der Waals surface area contributed by atoms with Gasteiger partial charge in [0, 0.05) is 11.1 Å². The van der Waals surface area contributed by atoms with E-state index in [0.29, 0.717) is 5.02 Å². The zero-order valence-electron chi connectivity index (χ0n) is 15.7. The van der Waals surface area contributed by atoms with Crippen LogP contribution in [-0.4, -0.2) is 20.4 Å². The maximum Gasteiger partial charge on any atom is 0.258 e. The predicted octanol–water partition coefficient (Wildman–Crippen LogP) is 5.24. The number of hydrogen-bond acceptors (Lipinski definition) is 3. The van der Waals surface area contributed by atoms with Crippen molar-refractivity contribution in [1.82, 2.24) is 4.72 Å². The fourth-order valence-electron chi connectivity index (χ4n) is 3.38. The van der Waals surface area contributed by atoms with Gasteiger partial charge in [0.25, 0.3) is 5.91 Å². The molecule has 0 saturated heterocycles. The Morgan fingerprint density at radius 3 is 2.52 bits per heavy atom. The fraction of sp³-hybridized carbons (Fsp3) is 0.350. The van der Waals surface area contributed by atoms with Crippen molar-refractivity contribution in [2.24, 2.45) is 5.92 Å². The maximum absolute atomic E-state index is 14.3. The number of halogens is 3. The van der Waals surface area contributed by atoms with Gasteiger partial charge < -0.3 is 5.32 Å². The van der Waals surface area contributed by atoms with Gasteiger partial charge in [-0.3, -0.25) is 4.79 Å². The monoisotopic (exact) mass is 458 g/mol. The molecule has 0 unspecified atom stereocenters. The number of nitrogens with one attached hydrogen (secondary N) is 2. The minimum atomic E-state index is -3.89. The van der Waals surface area contributed by atoms with Crippen molar-refractivity contribution < 1.29 is 17.6 Å². The summed E-state index contributed by atoms with van der Waals surface area (Å²) in [5, 5.41) is 3.04. The topological polar surface area (TPSA) is 75.3 Å². The number of amides is 1. The van der Waals surface area contributed by atoms with E-state index in [9.17, 15) is 17.6 Å². The summed E-state index contributed by atoms with van der Waals surface area (Å²) in [6, 6.07) is 7.41. The molecule has 29 heavy (non-hydrogen) atoms. The Hall–Kier alpha value is -1.67. The van der Waals surface area contributed by atoms with E-state index in [1.165, 1.54) is 18.2 Å². The summed E-state index contributed by atoms with van der Waals surface area (Å²) in [6.45, 7) is 2.01. The second-order valence-corrected chi connectivity index (χ2v) is 9.77. The molecule has 9 heteroatoms. The Morgan fingerprint density at radius 2 is 1.83 bits per heavy atom. The first kappa shape index (κ1) is 22.0. The van der Waals surface area contributed by atoms with E-state index in [4.69, 9.17) is 23.2 Å². The van der Waals surface area contributed by atoms with Crippen LogP contribution < -0.4 is 10.0 Å². The molecule has 2 atom stereocenters. The van der Waals surface area contributed by atoms with Crippen LogP contribution in [0.2, 0.25) is 10.0 Å². The van der Waals surface area contributed by atoms with Gasteiger partial charge in [-0.05, 0) is 55.2 Å². The van der Waals surface area contributed by atoms with E-state index in [2.05, 4.69) is 10.0 Å². The number of carbonyl (C=O) groups excluding carboxylic acids is 1. The largest absolute Gasteiger partial charge is 0.321 e. The molecule has 156 valence electrons. The third kappa shape index (κ3) is 5.28. The molecule has 0 bridgehead atoms. The van der Waals surface area contributed by atoms with Crippen molar-refractivity contribution in [1.29, 1.82) is 0 Å². The molecule has 1 aliphatic rings. The Labute approximate surface area is 179 Å². The lowest BCUT2D eigenvalue weighted by molar-refractivity contribution is 0.102. The van der Waals surface area contributed by atoms with Crippen LogP contribution in [0.4, 0.5) is 10.1 Å². The molecule has 0 aliphatic heterocycles. The summed E-state index contributed by atoms with van der Waals surface area (Å²) < 4.78 is 42.5. The van der Waals surface area contributed by atoms with Crippen LogP contribution in [0.15, 0.2) is 41.3 Å². The molecule has 0 spiro atoms. The third-order valence-electron chi connectivity index (χ3n) is 5.09. The highest BCUT2D eigenvalue weighted by Crippen LogP contribution is 2.28. The molecule has 2 aromatic rings. The zero-order chi connectivity index (χ0) is 21.2. The van der Waals surface area contributed by atoms with Crippen LogP contribution in [0.1, 0.15) is 43.0 Å². The molecule has 5 nitrogen and oxygen atoms in total.